The zero-order chi connectivity index (χ0) is 9.68. The van der Waals surface area contributed by atoms with Crippen LogP contribution in [0.25, 0.3) is 0 Å². The fourth-order valence-electron chi connectivity index (χ4n) is 1.14. The number of hydrogen-bond donors (Lipinski definition) is 3. The van der Waals surface area contributed by atoms with Crippen LogP contribution in [-0.4, -0.2) is 13.3 Å². The molecule has 0 aromatic heterocycles. The summed E-state index contributed by atoms with van der Waals surface area (Å²) in [5, 5.41) is 3.06. The maximum atomic E-state index is 5.37. The van der Waals surface area contributed by atoms with E-state index in [1.54, 1.807) is 11.8 Å². The Morgan fingerprint density at radius 1 is 1.31 bits per heavy atom. The van der Waals surface area contributed by atoms with E-state index in [0.717, 1.165) is 5.56 Å². The van der Waals surface area contributed by atoms with Gasteiger partial charge < -0.3 is 5.32 Å². The van der Waals surface area contributed by atoms with Crippen LogP contribution < -0.4 is 16.6 Å². The highest BCUT2D eigenvalue weighted by atomic mass is 32.2. The molecular formula is C9H15N3S. The average Bonchev–Trinajstić information content (AvgIpc) is 2.21. The Morgan fingerprint density at radius 2 is 1.92 bits per heavy atom. The van der Waals surface area contributed by atoms with Crippen molar-refractivity contribution in [3.8, 4) is 0 Å². The van der Waals surface area contributed by atoms with Gasteiger partial charge in [-0.15, -0.1) is 11.8 Å². The molecular weight excluding hydrogens is 182 g/mol. The van der Waals surface area contributed by atoms with Gasteiger partial charge in [0.15, 0.2) is 0 Å². The predicted octanol–water partition coefficient (Wildman–Crippen LogP) is 1.09. The van der Waals surface area contributed by atoms with Crippen molar-refractivity contribution in [2.45, 2.75) is 11.1 Å². The summed E-state index contributed by atoms with van der Waals surface area (Å²) >= 11 is 1.73. The van der Waals surface area contributed by atoms with Gasteiger partial charge in [0.2, 0.25) is 0 Å². The Labute approximate surface area is 83.1 Å². The molecule has 1 aromatic rings. The zero-order valence-electron chi connectivity index (χ0n) is 7.87. The van der Waals surface area contributed by atoms with Gasteiger partial charge in [-0.3, -0.25) is 5.84 Å². The van der Waals surface area contributed by atoms with Crippen molar-refractivity contribution >= 4 is 11.8 Å². The minimum atomic E-state index is 0.0240. The normalized spacial score (nSPS) is 12.8. The molecule has 0 aliphatic heterocycles. The Hall–Kier alpha value is -0.550. The molecule has 3 nitrogen and oxygen atoms in total. The number of hydrazine groups is 1. The highest BCUT2D eigenvalue weighted by Gasteiger charge is 2.04. The fourth-order valence-corrected chi connectivity index (χ4v) is 1.55. The molecule has 1 unspecified atom stereocenters. The summed E-state index contributed by atoms with van der Waals surface area (Å²) in [6.45, 7) is 0. The van der Waals surface area contributed by atoms with Crippen LogP contribution in [-0.2, 0) is 0 Å². The lowest BCUT2D eigenvalue weighted by Gasteiger charge is -2.15. The highest BCUT2D eigenvalue weighted by molar-refractivity contribution is 7.98. The van der Waals surface area contributed by atoms with Crippen molar-refractivity contribution in [2.75, 3.05) is 13.3 Å². The summed E-state index contributed by atoms with van der Waals surface area (Å²) in [6, 6.07) is 8.29. The molecule has 0 bridgehead atoms. The lowest BCUT2D eigenvalue weighted by atomic mass is 10.2. The van der Waals surface area contributed by atoms with Gasteiger partial charge in [-0.1, -0.05) is 12.1 Å². The van der Waals surface area contributed by atoms with E-state index >= 15 is 0 Å². The summed E-state index contributed by atoms with van der Waals surface area (Å²) in [5.74, 6) is 5.37. The molecule has 0 aliphatic rings. The first-order valence-electron chi connectivity index (χ1n) is 4.09. The fraction of sp³-hybridized carbons (Fsp3) is 0.333. The molecule has 0 fully saturated rings. The maximum Gasteiger partial charge on any atom is 0.0958 e. The first-order chi connectivity index (χ1) is 6.31. The third kappa shape index (κ3) is 2.70. The van der Waals surface area contributed by atoms with Crippen LogP contribution in [0.15, 0.2) is 29.2 Å². The number of nitrogens with two attached hydrogens (primary N) is 1. The molecule has 0 spiro atoms. The first-order valence-corrected chi connectivity index (χ1v) is 5.31. The van der Waals surface area contributed by atoms with Gasteiger partial charge in [-0.2, -0.15) is 0 Å². The molecule has 0 aliphatic carbocycles. The number of thioether (sulfide) groups is 1. The minimum absolute atomic E-state index is 0.0240. The lowest BCUT2D eigenvalue weighted by Crippen LogP contribution is -2.36. The Morgan fingerprint density at radius 3 is 2.31 bits per heavy atom. The molecule has 1 atom stereocenters. The Balaban J connectivity index is 2.78. The van der Waals surface area contributed by atoms with E-state index in [9.17, 15) is 0 Å². The molecule has 0 heterocycles. The van der Waals surface area contributed by atoms with Crippen LogP contribution in [0.2, 0.25) is 0 Å². The molecule has 0 radical (unpaired) electrons. The Kier molecular flexibility index (Phi) is 4.24. The van der Waals surface area contributed by atoms with Gasteiger partial charge in [0.1, 0.15) is 0 Å². The van der Waals surface area contributed by atoms with Crippen LogP contribution in [0.4, 0.5) is 0 Å². The van der Waals surface area contributed by atoms with Crippen LogP contribution in [0.1, 0.15) is 11.7 Å². The lowest BCUT2D eigenvalue weighted by molar-refractivity contribution is 0.488. The van der Waals surface area contributed by atoms with Crippen molar-refractivity contribution in [3.63, 3.8) is 0 Å². The molecule has 13 heavy (non-hydrogen) atoms. The topological polar surface area (TPSA) is 50.1 Å². The van der Waals surface area contributed by atoms with Gasteiger partial charge in [0.25, 0.3) is 0 Å². The summed E-state index contributed by atoms with van der Waals surface area (Å²) in [6.07, 6.45) is 2.09. The monoisotopic (exact) mass is 197 g/mol. The van der Waals surface area contributed by atoms with E-state index in [1.807, 2.05) is 7.05 Å². The van der Waals surface area contributed by atoms with Crippen molar-refractivity contribution in [1.29, 1.82) is 0 Å². The Bertz CT molecular complexity index is 244. The smallest absolute Gasteiger partial charge is 0.0958 e. The molecule has 4 N–H and O–H groups in total. The molecule has 0 saturated carbocycles. The van der Waals surface area contributed by atoms with Gasteiger partial charge in [0.05, 0.1) is 6.17 Å². The van der Waals surface area contributed by atoms with Crippen molar-refractivity contribution in [2.24, 2.45) is 5.84 Å². The molecule has 4 heteroatoms. The molecule has 0 saturated heterocycles. The molecule has 0 amide bonds. The second-order valence-corrected chi connectivity index (χ2v) is 3.54. The van der Waals surface area contributed by atoms with Crippen LogP contribution in [0.5, 0.6) is 0 Å². The molecule has 72 valence electrons. The third-order valence-corrected chi connectivity index (χ3v) is 2.65. The number of hydrogen-bond acceptors (Lipinski definition) is 4. The van der Waals surface area contributed by atoms with Crippen LogP contribution in [0.3, 0.4) is 0 Å². The standard InChI is InChI=1S/C9H15N3S/c1-11-9(12-10)7-3-5-8(13-2)6-4-7/h3-6,9,11-12H,10H2,1-2H3. The van der Waals surface area contributed by atoms with Crippen molar-refractivity contribution < 1.29 is 0 Å². The predicted molar refractivity (Wildman–Crippen MR) is 57.3 cm³/mol. The SMILES string of the molecule is CNC(NN)c1ccc(SC)cc1. The largest absolute Gasteiger partial charge is 0.300 e. The zero-order valence-corrected chi connectivity index (χ0v) is 8.69. The first kappa shape index (κ1) is 10.5. The van der Waals surface area contributed by atoms with Crippen molar-refractivity contribution in [1.82, 2.24) is 10.7 Å². The second kappa shape index (κ2) is 5.24. The quantitative estimate of drug-likeness (QED) is 0.293. The van der Waals surface area contributed by atoms with Crippen molar-refractivity contribution in [3.05, 3.63) is 29.8 Å². The summed E-state index contributed by atoms with van der Waals surface area (Å²) in [5.41, 5.74) is 3.83. The number of rotatable bonds is 4. The van der Waals surface area contributed by atoms with Gasteiger partial charge in [-0.25, -0.2) is 5.43 Å². The van der Waals surface area contributed by atoms with Gasteiger partial charge in [0, 0.05) is 4.90 Å². The van der Waals surface area contributed by atoms with Gasteiger partial charge >= 0.3 is 0 Å². The molecule has 1 rings (SSSR count). The summed E-state index contributed by atoms with van der Waals surface area (Å²) < 4.78 is 0. The highest BCUT2D eigenvalue weighted by Crippen LogP contribution is 2.17. The van der Waals surface area contributed by atoms with E-state index in [2.05, 4.69) is 41.3 Å². The van der Waals surface area contributed by atoms with Crippen LogP contribution in [0, 0.1) is 0 Å². The third-order valence-electron chi connectivity index (χ3n) is 1.90. The summed E-state index contributed by atoms with van der Waals surface area (Å²) in [4.78, 5) is 1.26. The summed E-state index contributed by atoms with van der Waals surface area (Å²) in [7, 11) is 1.87. The maximum absolute atomic E-state index is 5.37. The number of nitrogens with one attached hydrogen (secondary N) is 2. The second-order valence-electron chi connectivity index (χ2n) is 2.66. The van der Waals surface area contributed by atoms with E-state index in [4.69, 9.17) is 5.84 Å². The molecule has 1 aromatic carbocycles. The minimum Gasteiger partial charge on any atom is -0.300 e. The van der Waals surface area contributed by atoms with E-state index in [0.29, 0.717) is 0 Å². The van der Waals surface area contributed by atoms with E-state index in [1.165, 1.54) is 4.90 Å². The van der Waals surface area contributed by atoms with Crippen LogP contribution >= 0.6 is 11.8 Å². The van der Waals surface area contributed by atoms with Gasteiger partial charge in [-0.05, 0) is 31.0 Å². The average molecular weight is 197 g/mol. The van der Waals surface area contributed by atoms with E-state index in [-0.39, 0.29) is 6.17 Å². The number of benzene rings is 1. The van der Waals surface area contributed by atoms with E-state index < -0.39 is 0 Å².